The molecule has 7 nitrogen and oxygen atoms in total. The Balaban J connectivity index is 1.88. The second-order valence-electron chi connectivity index (χ2n) is 7.15. The molecule has 0 aliphatic carbocycles. The predicted molar refractivity (Wildman–Crippen MR) is 127 cm³/mol. The van der Waals surface area contributed by atoms with Gasteiger partial charge in [-0.2, -0.15) is 0 Å². The lowest BCUT2D eigenvalue weighted by molar-refractivity contribution is -0.111. The molecular weight excluding hydrogens is 460 g/mol. The Hall–Kier alpha value is -4.40. The third-order valence-corrected chi connectivity index (χ3v) is 5.02. The minimum absolute atomic E-state index is 0.241. The van der Waals surface area contributed by atoms with Crippen molar-refractivity contribution in [2.24, 2.45) is 0 Å². The Bertz CT molecular complexity index is 1260. The molecule has 0 radical (unpaired) electrons. The van der Waals surface area contributed by atoms with Gasteiger partial charge >= 0.3 is 0 Å². The Morgan fingerprint density at radius 1 is 0.743 bits per heavy atom. The van der Waals surface area contributed by atoms with Crippen molar-refractivity contribution in [1.29, 1.82) is 0 Å². The highest BCUT2D eigenvalue weighted by molar-refractivity contribution is 6.11. The van der Waals surface area contributed by atoms with Gasteiger partial charge in [0.25, 0.3) is 0 Å². The molecule has 1 N–H and O–H groups in total. The van der Waals surface area contributed by atoms with Crippen LogP contribution in [0.5, 0.6) is 23.0 Å². The van der Waals surface area contributed by atoms with Crippen LogP contribution < -0.4 is 24.3 Å². The van der Waals surface area contributed by atoms with Crippen molar-refractivity contribution in [2.75, 3.05) is 33.8 Å². The average molecular weight is 483 g/mol. The van der Waals surface area contributed by atoms with Gasteiger partial charge in [0.2, 0.25) is 11.7 Å². The van der Waals surface area contributed by atoms with Crippen molar-refractivity contribution in [3.63, 3.8) is 0 Å². The largest absolute Gasteiger partial charge is 0.495 e. The van der Waals surface area contributed by atoms with Crippen LogP contribution in [0.15, 0.2) is 54.6 Å². The monoisotopic (exact) mass is 483 g/mol. The zero-order valence-corrected chi connectivity index (χ0v) is 19.5. The SMILES string of the molecule is COc1ccc(C(=O)c2cc(OC)c(OC)c(OC)c2)cc1NC(=O)/C=C/c1ccc(F)c(F)c1. The van der Waals surface area contributed by atoms with Gasteiger partial charge in [0.05, 0.1) is 34.1 Å². The zero-order chi connectivity index (χ0) is 25.5. The van der Waals surface area contributed by atoms with Crippen LogP contribution >= 0.6 is 0 Å². The fraction of sp³-hybridized carbons (Fsp3) is 0.154. The molecule has 0 saturated carbocycles. The number of ether oxygens (including phenoxy) is 4. The Labute approximate surface area is 200 Å². The second-order valence-corrected chi connectivity index (χ2v) is 7.15. The summed E-state index contributed by atoms with van der Waals surface area (Å²) < 4.78 is 47.6. The normalized spacial score (nSPS) is 10.7. The number of benzene rings is 3. The summed E-state index contributed by atoms with van der Waals surface area (Å²) in [5.41, 5.74) is 1.09. The lowest BCUT2D eigenvalue weighted by Crippen LogP contribution is -2.11. The van der Waals surface area contributed by atoms with Crippen molar-refractivity contribution in [3.8, 4) is 23.0 Å². The Morgan fingerprint density at radius 3 is 1.97 bits per heavy atom. The average Bonchev–Trinajstić information content (AvgIpc) is 2.87. The zero-order valence-electron chi connectivity index (χ0n) is 19.5. The molecule has 0 bridgehead atoms. The number of methoxy groups -OCH3 is 4. The summed E-state index contributed by atoms with van der Waals surface area (Å²) in [7, 11) is 5.77. The molecule has 9 heteroatoms. The Morgan fingerprint density at radius 2 is 1.40 bits per heavy atom. The van der Waals surface area contributed by atoms with Gasteiger partial charge in [-0.1, -0.05) is 6.07 Å². The van der Waals surface area contributed by atoms with E-state index in [2.05, 4.69) is 5.32 Å². The number of hydrogen-bond donors (Lipinski definition) is 1. The molecule has 182 valence electrons. The van der Waals surface area contributed by atoms with Crippen LogP contribution in [0.3, 0.4) is 0 Å². The second kappa shape index (κ2) is 11.1. The lowest BCUT2D eigenvalue weighted by Gasteiger charge is -2.14. The number of anilines is 1. The van der Waals surface area contributed by atoms with Crippen LogP contribution in [0.25, 0.3) is 6.08 Å². The van der Waals surface area contributed by atoms with Crippen LogP contribution in [-0.2, 0) is 4.79 Å². The minimum Gasteiger partial charge on any atom is -0.495 e. The van der Waals surface area contributed by atoms with Crippen LogP contribution in [0.1, 0.15) is 21.5 Å². The van der Waals surface area contributed by atoms with Crippen molar-refractivity contribution in [2.45, 2.75) is 0 Å². The standard InChI is InChI=1S/C26H23F2NO6/c1-32-21-9-7-16(25(31)17-13-22(33-2)26(35-4)23(14-17)34-3)12-20(21)29-24(30)10-6-15-5-8-18(27)19(28)11-15/h5-14H,1-4H3,(H,29,30)/b10-6+. The summed E-state index contributed by atoms with van der Waals surface area (Å²) in [5.74, 6) is -1.62. The molecule has 3 aromatic carbocycles. The van der Waals surface area contributed by atoms with E-state index in [-0.39, 0.29) is 22.6 Å². The summed E-state index contributed by atoms with van der Waals surface area (Å²) in [6.07, 6.45) is 2.48. The summed E-state index contributed by atoms with van der Waals surface area (Å²) in [6, 6.07) is 10.9. The maximum atomic E-state index is 13.4. The van der Waals surface area contributed by atoms with Gasteiger partial charge in [0.1, 0.15) is 5.75 Å². The first-order valence-electron chi connectivity index (χ1n) is 10.3. The third kappa shape index (κ3) is 5.75. The molecule has 0 fully saturated rings. The maximum absolute atomic E-state index is 13.4. The number of amides is 1. The van der Waals surface area contributed by atoms with Crippen molar-refractivity contribution in [3.05, 3.63) is 82.9 Å². The van der Waals surface area contributed by atoms with E-state index in [4.69, 9.17) is 18.9 Å². The smallest absolute Gasteiger partial charge is 0.248 e. The minimum atomic E-state index is -1.02. The van der Waals surface area contributed by atoms with Crippen molar-refractivity contribution in [1.82, 2.24) is 0 Å². The highest BCUT2D eigenvalue weighted by atomic mass is 19.2. The quantitative estimate of drug-likeness (QED) is 0.345. The van der Waals surface area contributed by atoms with Crippen LogP contribution in [-0.4, -0.2) is 40.1 Å². The molecule has 0 aromatic heterocycles. The first kappa shape index (κ1) is 25.2. The van der Waals surface area contributed by atoms with Crippen molar-refractivity contribution >= 4 is 23.5 Å². The van der Waals surface area contributed by atoms with Crippen LogP contribution in [0.4, 0.5) is 14.5 Å². The van der Waals surface area contributed by atoms with Crippen LogP contribution in [0.2, 0.25) is 0 Å². The first-order valence-corrected chi connectivity index (χ1v) is 10.3. The summed E-state index contributed by atoms with van der Waals surface area (Å²) >= 11 is 0. The van der Waals surface area contributed by atoms with Gasteiger partial charge in [0, 0.05) is 17.2 Å². The molecule has 3 rings (SSSR count). The summed E-state index contributed by atoms with van der Waals surface area (Å²) in [6.45, 7) is 0. The number of hydrogen-bond acceptors (Lipinski definition) is 6. The molecule has 3 aromatic rings. The molecule has 0 aliphatic rings. The van der Waals surface area contributed by atoms with E-state index < -0.39 is 17.5 Å². The molecule has 1 amide bonds. The molecule has 0 heterocycles. The molecule has 0 saturated heterocycles. The molecule has 0 unspecified atom stereocenters. The highest BCUT2D eigenvalue weighted by Crippen LogP contribution is 2.39. The van der Waals surface area contributed by atoms with E-state index in [1.165, 1.54) is 58.8 Å². The van der Waals surface area contributed by atoms with Gasteiger partial charge in [-0.3, -0.25) is 9.59 Å². The van der Waals surface area contributed by atoms with E-state index in [0.717, 1.165) is 18.2 Å². The van der Waals surface area contributed by atoms with E-state index in [9.17, 15) is 18.4 Å². The van der Waals surface area contributed by atoms with Gasteiger partial charge < -0.3 is 24.3 Å². The first-order chi connectivity index (χ1) is 16.8. The maximum Gasteiger partial charge on any atom is 0.248 e. The lowest BCUT2D eigenvalue weighted by atomic mass is 10.0. The number of nitrogens with one attached hydrogen (secondary N) is 1. The summed E-state index contributed by atoms with van der Waals surface area (Å²) in [4.78, 5) is 25.6. The molecular formula is C26H23F2NO6. The van der Waals surface area contributed by atoms with E-state index >= 15 is 0 Å². The number of ketones is 1. The summed E-state index contributed by atoms with van der Waals surface area (Å²) in [5, 5.41) is 2.63. The fourth-order valence-electron chi connectivity index (χ4n) is 3.29. The molecule has 0 aliphatic heterocycles. The number of rotatable bonds is 9. The van der Waals surface area contributed by atoms with E-state index in [0.29, 0.717) is 28.6 Å². The fourth-order valence-corrected chi connectivity index (χ4v) is 3.29. The van der Waals surface area contributed by atoms with Gasteiger partial charge in [0.15, 0.2) is 28.9 Å². The van der Waals surface area contributed by atoms with Gasteiger partial charge in [-0.15, -0.1) is 0 Å². The van der Waals surface area contributed by atoms with Crippen molar-refractivity contribution < 1.29 is 37.3 Å². The van der Waals surface area contributed by atoms with E-state index in [1.807, 2.05) is 0 Å². The molecule has 35 heavy (non-hydrogen) atoms. The Kier molecular flexibility index (Phi) is 8.04. The van der Waals surface area contributed by atoms with E-state index in [1.54, 1.807) is 12.1 Å². The highest BCUT2D eigenvalue weighted by Gasteiger charge is 2.19. The predicted octanol–water partition coefficient (Wildman–Crippen LogP) is 4.88. The van der Waals surface area contributed by atoms with Crippen LogP contribution in [0, 0.1) is 11.6 Å². The van der Waals surface area contributed by atoms with Gasteiger partial charge in [-0.05, 0) is 54.1 Å². The molecule has 0 spiro atoms. The number of carbonyl (C=O) groups is 2. The molecule has 0 atom stereocenters. The number of carbonyl (C=O) groups excluding carboxylic acids is 2. The topological polar surface area (TPSA) is 83.1 Å². The third-order valence-electron chi connectivity index (χ3n) is 5.02. The number of halogens is 2. The van der Waals surface area contributed by atoms with Gasteiger partial charge in [-0.25, -0.2) is 8.78 Å².